The van der Waals surface area contributed by atoms with Crippen LogP contribution >= 0.6 is 0 Å². The Bertz CT molecular complexity index is 1020. The van der Waals surface area contributed by atoms with Crippen LogP contribution in [-0.2, 0) is 4.79 Å². The highest BCUT2D eigenvalue weighted by Gasteiger charge is 2.35. The van der Waals surface area contributed by atoms with Crippen molar-refractivity contribution in [1.82, 2.24) is 0 Å². The molecular formula is C26H28N3O2+. The minimum absolute atomic E-state index is 0.103. The highest BCUT2D eigenvalue weighted by Crippen LogP contribution is 2.39. The maximum atomic E-state index is 13.6. The van der Waals surface area contributed by atoms with Gasteiger partial charge in [0.05, 0.1) is 37.9 Å². The Labute approximate surface area is 183 Å². The summed E-state index contributed by atoms with van der Waals surface area (Å²) in [5.41, 5.74) is 3.24. The number of carbonyl (C=O) groups is 1. The van der Waals surface area contributed by atoms with E-state index in [-0.39, 0.29) is 11.9 Å². The van der Waals surface area contributed by atoms with Crippen LogP contribution in [0.25, 0.3) is 0 Å². The highest BCUT2D eigenvalue weighted by atomic mass is 16.5. The number of ether oxygens (including phenoxy) is 1. The minimum atomic E-state index is -0.103. The van der Waals surface area contributed by atoms with Gasteiger partial charge in [-0.15, -0.1) is 0 Å². The van der Waals surface area contributed by atoms with Gasteiger partial charge >= 0.3 is 0 Å². The first-order chi connectivity index (χ1) is 15.3. The van der Waals surface area contributed by atoms with E-state index >= 15 is 0 Å². The van der Waals surface area contributed by atoms with Gasteiger partial charge in [-0.2, -0.15) is 0 Å². The molecule has 5 nitrogen and oxygen atoms in total. The molecule has 0 unspecified atom stereocenters. The molecule has 158 valence electrons. The van der Waals surface area contributed by atoms with Crippen LogP contribution in [0.5, 0.6) is 5.75 Å². The fraction of sp³-hybridized carbons (Fsp3) is 0.269. The molecule has 1 saturated heterocycles. The topological polar surface area (TPSA) is 37.2 Å². The third-order valence-corrected chi connectivity index (χ3v) is 6.28. The summed E-state index contributed by atoms with van der Waals surface area (Å²) in [4.78, 5) is 19.3. The number of nitrogens with one attached hydrogen (secondary N) is 1. The maximum absolute atomic E-state index is 13.6. The van der Waals surface area contributed by atoms with Crippen molar-refractivity contribution in [3.05, 3.63) is 90.5 Å². The van der Waals surface area contributed by atoms with Crippen molar-refractivity contribution < 1.29 is 14.4 Å². The first-order valence-corrected chi connectivity index (χ1v) is 11.0. The van der Waals surface area contributed by atoms with Gasteiger partial charge in [0.2, 0.25) is 0 Å². The SMILES string of the molecule is O=C(C[NH+]1CCN(c2ccccc2)CC1)N1c2ccccc2OC[C@H]1c1ccccc1. The predicted octanol–water partition coefficient (Wildman–Crippen LogP) is 2.56. The summed E-state index contributed by atoms with van der Waals surface area (Å²) in [6.07, 6.45) is 0. The number of para-hydroxylation sites is 3. The summed E-state index contributed by atoms with van der Waals surface area (Å²) in [6.45, 7) is 4.83. The number of amides is 1. The van der Waals surface area contributed by atoms with Crippen molar-refractivity contribution in [2.45, 2.75) is 6.04 Å². The Morgan fingerprint density at radius 3 is 2.26 bits per heavy atom. The number of nitrogens with zero attached hydrogens (tertiary/aromatic N) is 2. The molecule has 3 aromatic rings. The third kappa shape index (κ3) is 4.14. The Morgan fingerprint density at radius 2 is 1.52 bits per heavy atom. The van der Waals surface area contributed by atoms with Crippen LogP contribution in [0.3, 0.4) is 0 Å². The van der Waals surface area contributed by atoms with Crippen molar-refractivity contribution in [2.75, 3.05) is 49.1 Å². The lowest BCUT2D eigenvalue weighted by molar-refractivity contribution is -0.892. The van der Waals surface area contributed by atoms with Crippen LogP contribution in [0.1, 0.15) is 11.6 Å². The monoisotopic (exact) mass is 414 g/mol. The minimum Gasteiger partial charge on any atom is -0.489 e. The average Bonchev–Trinajstić information content (AvgIpc) is 2.85. The second kappa shape index (κ2) is 8.82. The van der Waals surface area contributed by atoms with Gasteiger partial charge in [0.1, 0.15) is 12.4 Å². The van der Waals surface area contributed by atoms with E-state index in [4.69, 9.17) is 4.74 Å². The number of carbonyl (C=O) groups excluding carboxylic acids is 1. The first-order valence-electron chi connectivity index (χ1n) is 11.0. The fourth-order valence-corrected chi connectivity index (χ4v) is 4.61. The lowest BCUT2D eigenvalue weighted by Crippen LogP contribution is -3.16. The molecule has 0 saturated carbocycles. The summed E-state index contributed by atoms with van der Waals surface area (Å²) in [5.74, 6) is 0.944. The Hall–Kier alpha value is -3.31. The molecule has 0 spiro atoms. The molecule has 3 aromatic carbocycles. The van der Waals surface area contributed by atoms with Gasteiger partial charge in [0, 0.05) is 5.69 Å². The summed E-state index contributed by atoms with van der Waals surface area (Å²) in [7, 11) is 0. The van der Waals surface area contributed by atoms with E-state index in [1.807, 2.05) is 53.4 Å². The third-order valence-electron chi connectivity index (χ3n) is 6.28. The number of anilines is 2. The molecule has 2 aliphatic rings. The number of benzene rings is 3. The number of hydrogen-bond acceptors (Lipinski definition) is 3. The maximum Gasteiger partial charge on any atom is 0.282 e. The molecule has 0 bridgehead atoms. The molecule has 5 heteroatoms. The zero-order chi connectivity index (χ0) is 21.0. The lowest BCUT2D eigenvalue weighted by atomic mass is 10.0. The van der Waals surface area contributed by atoms with Crippen LogP contribution in [0.15, 0.2) is 84.9 Å². The molecule has 0 aromatic heterocycles. The van der Waals surface area contributed by atoms with E-state index in [1.54, 1.807) is 0 Å². The van der Waals surface area contributed by atoms with E-state index in [2.05, 4.69) is 41.3 Å². The largest absolute Gasteiger partial charge is 0.489 e. The van der Waals surface area contributed by atoms with Gasteiger partial charge in [0.15, 0.2) is 6.54 Å². The number of hydrogen-bond donors (Lipinski definition) is 1. The van der Waals surface area contributed by atoms with Crippen molar-refractivity contribution in [2.24, 2.45) is 0 Å². The standard InChI is InChI=1S/C26H27N3O2/c30-26(19-27-15-17-28(18-16-27)22-11-5-2-6-12-22)29-23-13-7-8-14-25(23)31-20-24(29)21-9-3-1-4-10-21/h1-14,24H,15-20H2/p+1/t24-/m0/s1. The van der Waals surface area contributed by atoms with Gasteiger partial charge < -0.3 is 14.5 Å². The molecular weight excluding hydrogens is 386 g/mol. The molecule has 1 atom stereocenters. The Morgan fingerprint density at radius 1 is 0.871 bits per heavy atom. The van der Waals surface area contributed by atoms with Gasteiger partial charge in [-0.25, -0.2) is 0 Å². The first kappa shape index (κ1) is 19.6. The molecule has 0 radical (unpaired) electrons. The van der Waals surface area contributed by atoms with E-state index in [9.17, 15) is 4.79 Å². The number of fused-ring (bicyclic) bond motifs is 1. The van der Waals surface area contributed by atoms with Gasteiger partial charge in [-0.1, -0.05) is 60.7 Å². The van der Waals surface area contributed by atoms with Crippen molar-refractivity contribution >= 4 is 17.3 Å². The molecule has 2 heterocycles. The quantitative estimate of drug-likeness (QED) is 0.713. The average molecular weight is 415 g/mol. The zero-order valence-corrected chi connectivity index (χ0v) is 17.6. The highest BCUT2D eigenvalue weighted by molar-refractivity contribution is 5.96. The fourth-order valence-electron chi connectivity index (χ4n) is 4.61. The molecule has 1 fully saturated rings. The Balaban J connectivity index is 1.32. The van der Waals surface area contributed by atoms with Crippen LogP contribution in [0.2, 0.25) is 0 Å². The summed E-state index contributed by atoms with van der Waals surface area (Å²) >= 11 is 0. The molecule has 0 aliphatic carbocycles. The second-order valence-electron chi connectivity index (χ2n) is 8.22. The summed E-state index contributed by atoms with van der Waals surface area (Å²) in [5, 5.41) is 0. The van der Waals surface area contributed by atoms with Gasteiger partial charge in [-0.05, 0) is 29.8 Å². The molecule has 5 rings (SSSR count). The van der Waals surface area contributed by atoms with Crippen LogP contribution in [-0.4, -0.2) is 45.2 Å². The number of rotatable bonds is 4. The van der Waals surface area contributed by atoms with Crippen LogP contribution in [0.4, 0.5) is 11.4 Å². The smallest absolute Gasteiger partial charge is 0.282 e. The molecule has 1 amide bonds. The van der Waals surface area contributed by atoms with Gasteiger partial charge in [-0.3, -0.25) is 9.69 Å². The lowest BCUT2D eigenvalue weighted by Gasteiger charge is -2.39. The van der Waals surface area contributed by atoms with Gasteiger partial charge in [0.25, 0.3) is 5.91 Å². The second-order valence-corrected chi connectivity index (χ2v) is 8.22. The van der Waals surface area contributed by atoms with Crippen LogP contribution in [0, 0.1) is 0 Å². The summed E-state index contributed by atoms with van der Waals surface area (Å²) < 4.78 is 6.02. The number of quaternary nitrogens is 1. The molecule has 2 aliphatic heterocycles. The van der Waals surface area contributed by atoms with Crippen molar-refractivity contribution in [1.29, 1.82) is 0 Å². The number of piperazine rings is 1. The van der Waals surface area contributed by atoms with E-state index in [0.717, 1.165) is 43.2 Å². The Kier molecular flexibility index (Phi) is 5.59. The van der Waals surface area contributed by atoms with Crippen molar-refractivity contribution in [3.63, 3.8) is 0 Å². The zero-order valence-electron chi connectivity index (χ0n) is 17.6. The normalized spacial score (nSPS) is 18.9. The predicted molar refractivity (Wildman–Crippen MR) is 123 cm³/mol. The molecule has 1 N–H and O–H groups in total. The summed E-state index contributed by atoms with van der Waals surface area (Å²) in [6, 6.07) is 28.5. The van der Waals surface area contributed by atoms with Crippen molar-refractivity contribution in [3.8, 4) is 5.75 Å². The molecule has 31 heavy (non-hydrogen) atoms. The van der Waals surface area contributed by atoms with Crippen LogP contribution < -0.4 is 19.4 Å². The van der Waals surface area contributed by atoms with E-state index in [1.165, 1.54) is 10.6 Å². The van der Waals surface area contributed by atoms with E-state index in [0.29, 0.717) is 13.2 Å². The van der Waals surface area contributed by atoms with E-state index < -0.39 is 0 Å².